The zero-order valence-corrected chi connectivity index (χ0v) is 22.9. The van der Waals surface area contributed by atoms with Crippen LogP contribution in [0, 0.1) is 25.7 Å². The normalized spacial score (nSPS) is 10.5. The first-order valence-electron chi connectivity index (χ1n) is 11.9. The largest absolute Gasteiger partial charge is 0.497 e. The van der Waals surface area contributed by atoms with Gasteiger partial charge >= 0.3 is 0 Å². The smallest absolute Gasteiger partial charge is 0.119 e. The van der Waals surface area contributed by atoms with Gasteiger partial charge in [0.15, 0.2) is 0 Å². The molecule has 0 aliphatic rings. The van der Waals surface area contributed by atoms with Gasteiger partial charge in [-0.1, -0.05) is 11.8 Å². The molecule has 0 N–H and O–H groups in total. The molecule has 0 fully saturated rings. The first kappa shape index (κ1) is 24.7. The van der Waals surface area contributed by atoms with Gasteiger partial charge in [0, 0.05) is 32.4 Å². The van der Waals surface area contributed by atoms with Gasteiger partial charge in [-0.3, -0.25) is 0 Å². The van der Waals surface area contributed by atoms with Crippen molar-refractivity contribution in [2.75, 3.05) is 19.1 Å². The highest BCUT2D eigenvalue weighted by molar-refractivity contribution is 7.21. The number of ether oxygens (including phenoxy) is 2. The van der Waals surface area contributed by atoms with Crippen molar-refractivity contribution in [2.45, 2.75) is 13.8 Å². The molecule has 0 saturated heterocycles. The maximum Gasteiger partial charge on any atom is 0.119 e. The minimum Gasteiger partial charge on any atom is -0.497 e. The molecule has 2 heterocycles. The summed E-state index contributed by atoms with van der Waals surface area (Å²) in [6.07, 6.45) is 0. The van der Waals surface area contributed by atoms with Gasteiger partial charge in [0.05, 0.1) is 19.1 Å². The van der Waals surface area contributed by atoms with E-state index in [0.29, 0.717) is 0 Å². The van der Waals surface area contributed by atoms with Crippen LogP contribution in [0.5, 0.6) is 11.5 Å². The van der Waals surface area contributed by atoms with Crippen LogP contribution >= 0.6 is 22.7 Å². The number of nitrogens with zero attached hydrogens (tertiary/aromatic N) is 1. The van der Waals surface area contributed by atoms with Crippen molar-refractivity contribution in [1.82, 2.24) is 0 Å². The molecule has 0 aliphatic heterocycles. The molecule has 37 heavy (non-hydrogen) atoms. The van der Waals surface area contributed by atoms with E-state index < -0.39 is 0 Å². The van der Waals surface area contributed by atoms with Crippen molar-refractivity contribution >= 4 is 39.7 Å². The Morgan fingerprint density at radius 3 is 1.68 bits per heavy atom. The van der Waals surface area contributed by atoms with E-state index in [9.17, 15) is 0 Å². The Bertz CT molecular complexity index is 1500. The van der Waals surface area contributed by atoms with Crippen molar-refractivity contribution < 1.29 is 9.47 Å². The van der Waals surface area contributed by atoms with Gasteiger partial charge in [0.1, 0.15) is 11.5 Å². The minimum absolute atomic E-state index is 0.824. The lowest BCUT2D eigenvalue weighted by molar-refractivity contribution is 0.415. The summed E-state index contributed by atoms with van der Waals surface area (Å²) in [5.41, 5.74) is 6.64. The van der Waals surface area contributed by atoms with Gasteiger partial charge in [-0.2, -0.15) is 0 Å². The molecular weight excluding hydrogens is 494 g/mol. The van der Waals surface area contributed by atoms with Crippen molar-refractivity contribution in [1.29, 1.82) is 0 Å². The summed E-state index contributed by atoms with van der Waals surface area (Å²) in [5.74, 6) is 8.41. The number of rotatable bonds is 6. The van der Waals surface area contributed by atoms with Gasteiger partial charge in [-0.05, 0) is 115 Å². The molecular formula is C32H27NO2S2. The average molecular weight is 522 g/mol. The molecule has 0 aliphatic carbocycles. The lowest BCUT2D eigenvalue weighted by Crippen LogP contribution is -2.09. The first-order chi connectivity index (χ1) is 18.1. The third-order valence-corrected chi connectivity index (χ3v) is 8.46. The second-order valence-electron chi connectivity index (χ2n) is 8.58. The van der Waals surface area contributed by atoms with Crippen LogP contribution in [-0.2, 0) is 0 Å². The zero-order valence-electron chi connectivity index (χ0n) is 21.2. The van der Waals surface area contributed by atoms with E-state index in [4.69, 9.17) is 9.47 Å². The molecule has 0 bridgehead atoms. The minimum atomic E-state index is 0.824. The van der Waals surface area contributed by atoms with E-state index in [1.807, 2.05) is 24.3 Å². The quantitative estimate of drug-likeness (QED) is 0.208. The summed E-state index contributed by atoms with van der Waals surface area (Å²) in [4.78, 5) is 5.95. The Morgan fingerprint density at radius 1 is 0.649 bits per heavy atom. The van der Waals surface area contributed by atoms with Crippen LogP contribution in [0.4, 0.5) is 17.1 Å². The topological polar surface area (TPSA) is 21.7 Å². The second-order valence-corrected chi connectivity index (χ2v) is 10.6. The van der Waals surface area contributed by atoms with E-state index >= 15 is 0 Å². The van der Waals surface area contributed by atoms with E-state index in [1.54, 1.807) is 36.9 Å². The third-order valence-electron chi connectivity index (χ3n) is 6.11. The van der Waals surface area contributed by atoms with Crippen LogP contribution in [0.15, 0.2) is 90.3 Å². The lowest BCUT2D eigenvalue weighted by atomic mass is 10.1. The van der Waals surface area contributed by atoms with Crippen LogP contribution in [0.1, 0.15) is 21.6 Å². The molecule has 3 aromatic carbocycles. The maximum absolute atomic E-state index is 5.36. The van der Waals surface area contributed by atoms with E-state index in [2.05, 4.69) is 96.6 Å². The number of aryl methyl sites for hydroxylation is 2. The summed E-state index contributed by atoms with van der Waals surface area (Å²) in [6, 6.07) is 28.9. The predicted octanol–water partition coefficient (Wildman–Crippen LogP) is 8.98. The molecule has 2 aromatic heterocycles. The van der Waals surface area contributed by atoms with Crippen LogP contribution < -0.4 is 14.4 Å². The Hall–Kier alpha value is -3.98. The molecule has 0 saturated carbocycles. The molecule has 5 rings (SSSR count). The van der Waals surface area contributed by atoms with Crippen molar-refractivity contribution in [3.63, 3.8) is 0 Å². The molecule has 0 spiro atoms. The summed E-state index contributed by atoms with van der Waals surface area (Å²) >= 11 is 3.55. The predicted molar refractivity (Wildman–Crippen MR) is 157 cm³/mol. The van der Waals surface area contributed by atoms with Crippen LogP contribution in [-0.4, -0.2) is 14.2 Å². The monoisotopic (exact) mass is 521 g/mol. The molecule has 3 nitrogen and oxygen atoms in total. The summed E-state index contributed by atoms with van der Waals surface area (Å²) in [6.45, 7) is 4.30. The molecule has 5 heteroatoms. The van der Waals surface area contributed by atoms with Gasteiger partial charge in [-0.25, -0.2) is 0 Å². The summed E-state index contributed by atoms with van der Waals surface area (Å²) in [7, 11) is 3.36. The number of anilines is 3. The molecule has 0 amide bonds. The highest BCUT2D eigenvalue weighted by Gasteiger charge is 2.13. The number of methoxy groups -OCH3 is 2. The average Bonchev–Trinajstić information content (AvgIpc) is 3.53. The van der Waals surface area contributed by atoms with Crippen LogP contribution in [0.25, 0.3) is 9.75 Å². The number of benzene rings is 3. The van der Waals surface area contributed by atoms with E-state index in [1.165, 1.54) is 20.9 Å². The Kier molecular flexibility index (Phi) is 7.32. The fourth-order valence-electron chi connectivity index (χ4n) is 4.08. The number of hydrogen-bond acceptors (Lipinski definition) is 5. The van der Waals surface area contributed by atoms with E-state index in [-0.39, 0.29) is 0 Å². The first-order valence-corrected chi connectivity index (χ1v) is 13.6. The molecule has 5 aromatic rings. The summed E-state index contributed by atoms with van der Waals surface area (Å²) in [5, 5.41) is 2.15. The highest BCUT2D eigenvalue weighted by atomic mass is 32.1. The Labute approximate surface area is 226 Å². The van der Waals surface area contributed by atoms with E-state index in [0.717, 1.165) is 39.0 Å². The Balaban J connectivity index is 1.44. The standard InChI is InChI=1S/C32H27NO2S2/c1-22-19-20-36-32(22)31-21-23(2)30(37-31)18-7-24-5-8-25(9-6-24)33(26-10-14-28(34-3)15-11-26)27-12-16-29(35-4)17-13-27/h5-6,8-17,19-21H,1-4H3. The Morgan fingerprint density at radius 2 is 1.19 bits per heavy atom. The van der Waals surface area contributed by atoms with Crippen molar-refractivity contribution in [2.24, 2.45) is 0 Å². The van der Waals surface area contributed by atoms with Gasteiger partial charge in [0.25, 0.3) is 0 Å². The fourth-order valence-corrected chi connectivity index (χ4v) is 6.21. The fraction of sp³-hybridized carbons (Fsp3) is 0.125. The zero-order chi connectivity index (χ0) is 25.8. The van der Waals surface area contributed by atoms with Crippen LogP contribution in [0.3, 0.4) is 0 Å². The van der Waals surface area contributed by atoms with Gasteiger partial charge < -0.3 is 14.4 Å². The molecule has 0 atom stereocenters. The maximum atomic E-state index is 5.36. The second kappa shape index (κ2) is 11.0. The number of hydrogen-bond donors (Lipinski definition) is 0. The van der Waals surface area contributed by atoms with Crippen molar-refractivity contribution in [3.05, 3.63) is 112 Å². The third kappa shape index (κ3) is 5.41. The van der Waals surface area contributed by atoms with Gasteiger partial charge in [-0.15, -0.1) is 22.7 Å². The highest BCUT2D eigenvalue weighted by Crippen LogP contribution is 2.37. The van der Waals surface area contributed by atoms with Gasteiger partial charge in [0.2, 0.25) is 0 Å². The van der Waals surface area contributed by atoms with Crippen LogP contribution in [0.2, 0.25) is 0 Å². The lowest BCUT2D eigenvalue weighted by Gasteiger charge is -2.25. The number of thiophene rings is 2. The SMILES string of the molecule is COc1ccc(N(c2ccc(C#Cc3sc(-c4sccc4C)cc3C)cc2)c2ccc(OC)cc2)cc1. The summed E-state index contributed by atoms with van der Waals surface area (Å²) < 4.78 is 10.7. The molecule has 0 radical (unpaired) electrons. The van der Waals surface area contributed by atoms with Crippen molar-refractivity contribution in [3.8, 4) is 33.1 Å². The molecule has 184 valence electrons. The molecule has 0 unspecified atom stereocenters.